The van der Waals surface area contributed by atoms with Crippen molar-refractivity contribution in [3.05, 3.63) is 71.2 Å². The zero-order valence-electron chi connectivity index (χ0n) is 13.2. The van der Waals surface area contributed by atoms with Crippen LogP contribution in [0.4, 0.5) is 4.39 Å². The molecule has 0 atom stereocenters. The van der Waals surface area contributed by atoms with Gasteiger partial charge in [-0.3, -0.25) is 0 Å². The first-order chi connectivity index (χ1) is 11.6. The van der Waals surface area contributed by atoms with Gasteiger partial charge in [-0.15, -0.1) is 0 Å². The van der Waals surface area contributed by atoms with Crippen molar-refractivity contribution in [3.63, 3.8) is 0 Å². The molecule has 0 aliphatic carbocycles. The molecule has 0 saturated carbocycles. The summed E-state index contributed by atoms with van der Waals surface area (Å²) in [7, 11) is 1.62. The van der Waals surface area contributed by atoms with Crippen LogP contribution in [0.1, 0.15) is 17.5 Å². The molecule has 4 nitrogen and oxygen atoms in total. The van der Waals surface area contributed by atoms with Gasteiger partial charge in [0.2, 0.25) is 0 Å². The number of carbonyl (C=O) groups excluding carboxylic acids is 1. The Kier molecular flexibility index (Phi) is 4.70. The SMILES string of the molecule is COc1ccc(CCC2=N/C(=C/c3ccc(F)cc3)C(=O)O2)cc1. The summed E-state index contributed by atoms with van der Waals surface area (Å²) in [5.41, 5.74) is 2.03. The lowest BCUT2D eigenvalue weighted by molar-refractivity contribution is -0.130. The lowest BCUT2D eigenvalue weighted by Gasteiger charge is -2.03. The number of aryl methyl sites for hydroxylation is 1. The van der Waals surface area contributed by atoms with E-state index < -0.39 is 5.97 Å². The first kappa shape index (κ1) is 15.9. The smallest absolute Gasteiger partial charge is 0.363 e. The molecule has 2 aromatic rings. The molecular formula is C19H16FNO3. The van der Waals surface area contributed by atoms with Crippen LogP contribution >= 0.6 is 0 Å². The summed E-state index contributed by atoms with van der Waals surface area (Å²) < 4.78 is 23.2. The summed E-state index contributed by atoms with van der Waals surface area (Å²) in [4.78, 5) is 16.1. The summed E-state index contributed by atoms with van der Waals surface area (Å²) in [5.74, 6) is 0.385. The van der Waals surface area contributed by atoms with Gasteiger partial charge in [-0.2, -0.15) is 0 Å². The summed E-state index contributed by atoms with van der Waals surface area (Å²) in [6.07, 6.45) is 2.82. The maximum absolute atomic E-state index is 12.9. The zero-order chi connectivity index (χ0) is 16.9. The Morgan fingerprint density at radius 2 is 1.79 bits per heavy atom. The van der Waals surface area contributed by atoms with E-state index >= 15 is 0 Å². The molecule has 0 radical (unpaired) electrons. The molecule has 0 saturated heterocycles. The van der Waals surface area contributed by atoms with Crippen LogP contribution < -0.4 is 4.74 Å². The summed E-state index contributed by atoms with van der Waals surface area (Å²) in [5, 5.41) is 0. The van der Waals surface area contributed by atoms with Gasteiger partial charge in [0, 0.05) is 6.42 Å². The standard InChI is InChI=1S/C19H16FNO3/c1-23-16-9-4-13(5-10-16)6-11-18-21-17(19(22)24-18)12-14-2-7-15(20)8-3-14/h2-5,7-10,12H,6,11H2,1H3/b17-12+. The second-order valence-corrected chi connectivity index (χ2v) is 5.32. The van der Waals surface area contributed by atoms with Crippen LogP contribution in [0.25, 0.3) is 6.08 Å². The number of esters is 1. The van der Waals surface area contributed by atoms with E-state index in [-0.39, 0.29) is 11.5 Å². The van der Waals surface area contributed by atoms with E-state index in [4.69, 9.17) is 9.47 Å². The van der Waals surface area contributed by atoms with Crippen LogP contribution in [0.5, 0.6) is 5.75 Å². The summed E-state index contributed by atoms with van der Waals surface area (Å²) in [6.45, 7) is 0. The second kappa shape index (κ2) is 7.08. The van der Waals surface area contributed by atoms with Crippen molar-refractivity contribution in [2.75, 3.05) is 7.11 Å². The van der Waals surface area contributed by atoms with E-state index in [1.54, 1.807) is 25.3 Å². The highest BCUT2D eigenvalue weighted by molar-refractivity contribution is 6.07. The van der Waals surface area contributed by atoms with Gasteiger partial charge in [-0.1, -0.05) is 24.3 Å². The lowest BCUT2D eigenvalue weighted by Crippen LogP contribution is -2.05. The van der Waals surface area contributed by atoms with Crippen molar-refractivity contribution < 1.29 is 18.7 Å². The molecule has 1 heterocycles. The highest BCUT2D eigenvalue weighted by Crippen LogP contribution is 2.19. The molecule has 0 fully saturated rings. The first-order valence-corrected chi connectivity index (χ1v) is 7.54. The first-order valence-electron chi connectivity index (χ1n) is 7.54. The van der Waals surface area contributed by atoms with Gasteiger partial charge in [0.05, 0.1) is 7.11 Å². The molecule has 0 bridgehead atoms. The molecule has 0 unspecified atom stereocenters. The Bertz CT molecular complexity index is 792. The molecule has 0 aromatic heterocycles. The van der Waals surface area contributed by atoms with E-state index in [1.165, 1.54) is 12.1 Å². The van der Waals surface area contributed by atoms with Crippen molar-refractivity contribution >= 4 is 17.9 Å². The lowest BCUT2D eigenvalue weighted by atomic mass is 10.1. The Hall–Kier alpha value is -2.95. The molecule has 0 amide bonds. The predicted octanol–water partition coefficient (Wildman–Crippen LogP) is 3.76. The Balaban J connectivity index is 1.66. The van der Waals surface area contributed by atoms with Gasteiger partial charge < -0.3 is 9.47 Å². The number of cyclic esters (lactones) is 1. The largest absolute Gasteiger partial charge is 0.497 e. The van der Waals surface area contributed by atoms with Crippen molar-refractivity contribution in [2.45, 2.75) is 12.8 Å². The van der Waals surface area contributed by atoms with Crippen LogP contribution in [0.15, 0.2) is 59.2 Å². The quantitative estimate of drug-likeness (QED) is 0.621. The highest BCUT2D eigenvalue weighted by Gasteiger charge is 2.22. The number of hydrogen-bond acceptors (Lipinski definition) is 4. The normalized spacial score (nSPS) is 15.3. The molecule has 24 heavy (non-hydrogen) atoms. The third-order valence-electron chi connectivity index (χ3n) is 3.62. The van der Waals surface area contributed by atoms with E-state index in [0.29, 0.717) is 24.3 Å². The highest BCUT2D eigenvalue weighted by atomic mass is 19.1. The maximum atomic E-state index is 12.9. The monoisotopic (exact) mass is 325 g/mol. The number of carbonyl (C=O) groups is 1. The third-order valence-corrected chi connectivity index (χ3v) is 3.62. The Labute approximate surface area is 139 Å². The minimum absolute atomic E-state index is 0.228. The minimum Gasteiger partial charge on any atom is -0.497 e. The van der Waals surface area contributed by atoms with Gasteiger partial charge in [0.25, 0.3) is 0 Å². The minimum atomic E-state index is -0.482. The van der Waals surface area contributed by atoms with Crippen LogP contribution in [0, 0.1) is 5.82 Å². The predicted molar refractivity (Wildman–Crippen MR) is 89.2 cm³/mol. The number of rotatable bonds is 5. The van der Waals surface area contributed by atoms with E-state index in [9.17, 15) is 9.18 Å². The number of nitrogens with zero attached hydrogens (tertiary/aromatic N) is 1. The molecule has 1 aliphatic rings. The topological polar surface area (TPSA) is 47.9 Å². The Morgan fingerprint density at radius 1 is 1.08 bits per heavy atom. The molecular weight excluding hydrogens is 309 g/mol. The molecule has 122 valence electrons. The van der Waals surface area contributed by atoms with Gasteiger partial charge in [-0.25, -0.2) is 14.2 Å². The van der Waals surface area contributed by atoms with Crippen molar-refractivity contribution in [1.29, 1.82) is 0 Å². The molecule has 1 aliphatic heterocycles. The molecule has 5 heteroatoms. The number of benzene rings is 2. The van der Waals surface area contributed by atoms with Gasteiger partial charge in [-0.05, 0) is 47.9 Å². The molecule has 3 rings (SSSR count). The molecule has 2 aromatic carbocycles. The summed E-state index contributed by atoms with van der Waals surface area (Å²) in [6, 6.07) is 13.5. The number of hydrogen-bond donors (Lipinski definition) is 0. The summed E-state index contributed by atoms with van der Waals surface area (Å²) >= 11 is 0. The van der Waals surface area contributed by atoms with E-state index in [1.807, 2.05) is 24.3 Å². The van der Waals surface area contributed by atoms with Crippen LogP contribution in [0.2, 0.25) is 0 Å². The van der Waals surface area contributed by atoms with Gasteiger partial charge in [0.1, 0.15) is 11.6 Å². The van der Waals surface area contributed by atoms with Crippen molar-refractivity contribution in [2.24, 2.45) is 4.99 Å². The fourth-order valence-corrected chi connectivity index (χ4v) is 2.32. The Morgan fingerprint density at radius 3 is 2.46 bits per heavy atom. The average molecular weight is 325 g/mol. The van der Waals surface area contributed by atoms with Crippen LogP contribution in [-0.4, -0.2) is 19.0 Å². The maximum Gasteiger partial charge on any atom is 0.363 e. The van der Waals surface area contributed by atoms with Crippen molar-refractivity contribution in [3.8, 4) is 5.75 Å². The van der Waals surface area contributed by atoms with Gasteiger partial charge >= 0.3 is 5.97 Å². The third kappa shape index (κ3) is 3.87. The van der Waals surface area contributed by atoms with Crippen LogP contribution in [-0.2, 0) is 16.0 Å². The second-order valence-electron chi connectivity index (χ2n) is 5.32. The van der Waals surface area contributed by atoms with E-state index in [2.05, 4.69) is 4.99 Å². The number of halogens is 1. The van der Waals surface area contributed by atoms with E-state index in [0.717, 1.165) is 11.3 Å². The molecule has 0 spiro atoms. The van der Waals surface area contributed by atoms with Gasteiger partial charge in [0.15, 0.2) is 11.6 Å². The fourth-order valence-electron chi connectivity index (χ4n) is 2.32. The number of aliphatic imine (C=N–C) groups is 1. The fraction of sp³-hybridized carbons (Fsp3) is 0.158. The average Bonchev–Trinajstić information content (AvgIpc) is 2.95. The zero-order valence-corrected chi connectivity index (χ0v) is 13.2. The number of methoxy groups -OCH3 is 1. The van der Waals surface area contributed by atoms with Crippen molar-refractivity contribution in [1.82, 2.24) is 0 Å². The van der Waals surface area contributed by atoms with Crippen LogP contribution in [0.3, 0.4) is 0 Å². The number of ether oxygens (including phenoxy) is 2. The molecule has 0 N–H and O–H groups in total.